The van der Waals surface area contributed by atoms with Gasteiger partial charge >= 0.3 is 5.97 Å². The quantitative estimate of drug-likeness (QED) is 0.460. The topological polar surface area (TPSA) is 52.6 Å². The summed E-state index contributed by atoms with van der Waals surface area (Å²) < 4.78 is 23.8. The number of esters is 1. The zero-order valence-corrected chi connectivity index (χ0v) is 10.5. The van der Waals surface area contributed by atoms with Gasteiger partial charge in [0.1, 0.15) is 17.7 Å². The lowest BCUT2D eigenvalue weighted by molar-refractivity contribution is -0.152. The van der Waals surface area contributed by atoms with E-state index in [4.69, 9.17) is 9.47 Å². The summed E-state index contributed by atoms with van der Waals surface area (Å²) in [7, 11) is 0. The van der Waals surface area contributed by atoms with Crippen LogP contribution < -0.4 is 4.74 Å². The van der Waals surface area contributed by atoms with E-state index < -0.39 is 17.9 Å². The fourth-order valence-corrected chi connectivity index (χ4v) is 1.45. The van der Waals surface area contributed by atoms with E-state index in [1.165, 1.54) is 19.1 Å². The second-order valence-electron chi connectivity index (χ2n) is 4.05. The minimum absolute atomic E-state index is 0.0463. The number of rotatable bonds is 5. The highest BCUT2D eigenvalue weighted by atomic mass is 19.1. The molecular weight excluding hydrogens is 239 g/mol. The third-order valence-corrected chi connectivity index (χ3v) is 2.17. The van der Waals surface area contributed by atoms with Crippen LogP contribution >= 0.6 is 0 Å². The van der Waals surface area contributed by atoms with Crippen LogP contribution in [0.4, 0.5) is 4.39 Å². The number of ether oxygens (including phenoxy) is 2. The maximum absolute atomic E-state index is 13.7. The maximum atomic E-state index is 13.7. The van der Waals surface area contributed by atoms with Crippen LogP contribution in [0.3, 0.4) is 0 Å². The zero-order valence-electron chi connectivity index (χ0n) is 10.5. The molecule has 0 fully saturated rings. The Balaban J connectivity index is 2.84. The molecular formula is C13H15FO4. The summed E-state index contributed by atoms with van der Waals surface area (Å²) in [5.41, 5.74) is 0.196. The van der Waals surface area contributed by atoms with Gasteiger partial charge in [-0.15, -0.1) is 0 Å². The van der Waals surface area contributed by atoms with E-state index in [1.54, 1.807) is 6.07 Å². The summed E-state index contributed by atoms with van der Waals surface area (Å²) >= 11 is 0. The first-order valence-corrected chi connectivity index (χ1v) is 5.56. The van der Waals surface area contributed by atoms with Gasteiger partial charge in [-0.05, 0) is 32.9 Å². The highest BCUT2D eigenvalue weighted by Gasteiger charge is 2.16. The van der Waals surface area contributed by atoms with Crippen molar-refractivity contribution < 1.29 is 23.5 Å². The van der Waals surface area contributed by atoms with E-state index in [1.807, 2.05) is 13.8 Å². The van der Waals surface area contributed by atoms with Crippen molar-refractivity contribution in [3.8, 4) is 5.75 Å². The van der Waals surface area contributed by atoms with Crippen molar-refractivity contribution in [1.82, 2.24) is 0 Å². The van der Waals surface area contributed by atoms with Gasteiger partial charge in [-0.1, -0.05) is 0 Å². The second-order valence-corrected chi connectivity index (χ2v) is 4.05. The van der Waals surface area contributed by atoms with Crippen molar-refractivity contribution in [2.45, 2.75) is 33.0 Å². The van der Waals surface area contributed by atoms with E-state index >= 15 is 0 Å². The third kappa shape index (κ3) is 3.84. The molecule has 0 aromatic heterocycles. The lowest BCUT2D eigenvalue weighted by Crippen LogP contribution is -2.11. The Morgan fingerprint density at radius 1 is 1.33 bits per heavy atom. The van der Waals surface area contributed by atoms with Crippen molar-refractivity contribution in [1.29, 1.82) is 0 Å². The van der Waals surface area contributed by atoms with Crippen LogP contribution in [-0.2, 0) is 14.3 Å². The van der Waals surface area contributed by atoms with E-state index in [2.05, 4.69) is 0 Å². The molecule has 1 unspecified atom stereocenters. The fraction of sp³-hybridized carbons (Fsp3) is 0.385. The Labute approximate surface area is 105 Å². The number of aldehydes is 1. The average molecular weight is 254 g/mol. The molecule has 0 N–H and O–H groups in total. The van der Waals surface area contributed by atoms with Gasteiger partial charge in [0.15, 0.2) is 0 Å². The molecule has 0 saturated heterocycles. The molecule has 4 nitrogen and oxygen atoms in total. The zero-order chi connectivity index (χ0) is 13.7. The Kier molecular flexibility index (Phi) is 4.83. The first kappa shape index (κ1) is 14.2. The molecule has 0 aliphatic carbocycles. The summed E-state index contributed by atoms with van der Waals surface area (Å²) in [6.07, 6.45) is -0.832. The third-order valence-electron chi connectivity index (χ3n) is 2.17. The summed E-state index contributed by atoms with van der Waals surface area (Å²) in [6, 6.07) is 4.28. The minimum Gasteiger partial charge on any atom is -0.491 e. The lowest BCUT2D eigenvalue weighted by atomic mass is 10.1. The summed E-state index contributed by atoms with van der Waals surface area (Å²) in [5, 5.41) is 0. The van der Waals surface area contributed by atoms with Crippen molar-refractivity contribution in [3.63, 3.8) is 0 Å². The van der Waals surface area contributed by atoms with Crippen LogP contribution in [0.1, 0.15) is 32.4 Å². The molecule has 5 heteroatoms. The highest BCUT2D eigenvalue weighted by Crippen LogP contribution is 2.24. The number of benzene rings is 1. The first-order chi connectivity index (χ1) is 8.43. The molecule has 0 spiro atoms. The Bertz CT molecular complexity index is 443. The van der Waals surface area contributed by atoms with Gasteiger partial charge in [0.2, 0.25) is 6.29 Å². The molecule has 18 heavy (non-hydrogen) atoms. The molecule has 0 aliphatic rings. The fourth-order valence-electron chi connectivity index (χ4n) is 1.45. The highest BCUT2D eigenvalue weighted by molar-refractivity contribution is 6.20. The van der Waals surface area contributed by atoms with E-state index in [0.717, 1.165) is 0 Å². The smallest absolute Gasteiger partial charge is 0.371 e. The average Bonchev–Trinajstić information content (AvgIpc) is 2.27. The van der Waals surface area contributed by atoms with Crippen LogP contribution in [-0.4, -0.2) is 18.4 Å². The van der Waals surface area contributed by atoms with Crippen molar-refractivity contribution >= 4 is 12.3 Å². The summed E-state index contributed by atoms with van der Waals surface area (Å²) in [6.45, 7) is 5.16. The van der Waals surface area contributed by atoms with Gasteiger partial charge in [0.05, 0.1) is 6.10 Å². The maximum Gasteiger partial charge on any atom is 0.371 e. The van der Waals surface area contributed by atoms with Crippen LogP contribution in [0.15, 0.2) is 18.2 Å². The standard InChI is InChI=1S/C13H15FO4/c1-8(2)17-10-4-5-11(12(14)6-10)9(3)18-13(16)7-15/h4-9H,1-3H3. The molecule has 1 aromatic rings. The molecule has 0 aliphatic heterocycles. The van der Waals surface area contributed by atoms with Crippen LogP contribution in [0.25, 0.3) is 0 Å². The minimum atomic E-state index is -1.02. The normalized spacial score (nSPS) is 12.1. The Morgan fingerprint density at radius 3 is 2.50 bits per heavy atom. The molecule has 0 bridgehead atoms. The second kappa shape index (κ2) is 6.14. The molecule has 0 saturated carbocycles. The molecule has 98 valence electrons. The SMILES string of the molecule is CC(C)Oc1ccc(C(C)OC(=O)C=O)c(F)c1. The Hall–Kier alpha value is -1.91. The summed E-state index contributed by atoms with van der Waals surface area (Å²) in [5.74, 6) is -1.16. The van der Waals surface area contributed by atoms with Crippen molar-refractivity contribution in [2.24, 2.45) is 0 Å². The monoisotopic (exact) mass is 254 g/mol. The number of hydrogen-bond acceptors (Lipinski definition) is 4. The number of halogens is 1. The predicted molar refractivity (Wildman–Crippen MR) is 62.7 cm³/mol. The predicted octanol–water partition coefficient (Wildman–Crippen LogP) is 2.42. The van der Waals surface area contributed by atoms with Gasteiger partial charge in [-0.3, -0.25) is 4.79 Å². The van der Waals surface area contributed by atoms with E-state index in [0.29, 0.717) is 5.75 Å². The van der Waals surface area contributed by atoms with Crippen molar-refractivity contribution in [3.05, 3.63) is 29.6 Å². The van der Waals surface area contributed by atoms with E-state index in [9.17, 15) is 14.0 Å². The molecule has 1 rings (SSSR count). The van der Waals surface area contributed by atoms with E-state index in [-0.39, 0.29) is 18.0 Å². The largest absolute Gasteiger partial charge is 0.491 e. The van der Waals surface area contributed by atoms with Gasteiger partial charge in [-0.2, -0.15) is 0 Å². The van der Waals surface area contributed by atoms with Crippen LogP contribution in [0.2, 0.25) is 0 Å². The number of hydrogen-bond donors (Lipinski definition) is 0. The van der Waals surface area contributed by atoms with Crippen LogP contribution in [0.5, 0.6) is 5.75 Å². The van der Waals surface area contributed by atoms with Gasteiger partial charge in [0, 0.05) is 11.6 Å². The molecule has 0 radical (unpaired) electrons. The Morgan fingerprint density at radius 2 is 2.00 bits per heavy atom. The van der Waals surface area contributed by atoms with Crippen molar-refractivity contribution in [2.75, 3.05) is 0 Å². The van der Waals surface area contributed by atoms with Gasteiger partial charge in [0.25, 0.3) is 0 Å². The molecule has 0 amide bonds. The first-order valence-electron chi connectivity index (χ1n) is 5.56. The van der Waals surface area contributed by atoms with Crippen LogP contribution in [0, 0.1) is 5.82 Å². The van der Waals surface area contributed by atoms with Gasteiger partial charge < -0.3 is 9.47 Å². The number of carbonyl (C=O) groups is 2. The molecule has 1 aromatic carbocycles. The van der Waals surface area contributed by atoms with Gasteiger partial charge in [-0.25, -0.2) is 9.18 Å². The number of carbonyl (C=O) groups excluding carboxylic acids is 2. The molecule has 0 heterocycles. The summed E-state index contributed by atoms with van der Waals surface area (Å²) in [4.78, 5) is 20.9. The molecule has 1 atom stereocenters. The lowest BCUT2D eigenvalue weighted by Gasteiger charge is -2.14.